The first-order chi connectivity index (χ1) is 17.7. The third kappa shape index (κ3) is 5.64. The van der Waals surface area contributed by atoms with Crippen molar-refractivity contribution in [2.24, 2.45) is 0 Å². The average molecular weight is 499 g/mol. The lowest BCUT2D eigenvalue weighted by molar-refractivity contribution is 0.0961. The fourth-order valence-electron chi connectivity index (χ4n) is 4.65. The van der Waals surface area contributed by atoms with Crippen LogP contribution in [0, 0.1) is 0 Å². The van der Waals surface area contributed by atoms with E-state index in [-0.39, 0.29) is 11.9 Å². The largest absolute Gasteiger partial charge is 0.494 e. The molecule has 0 atom stereocenters. The van der Waals surface area contributed by atoms with E-state index < -0.39 is 0 Å². The SMILES string of the molecule is CCOc1ccc(-c2cncc(N(C(=O)c3cccs3)C3CCN(Cc4ccccc4)CC3)n2)cc1. The average Bonchev–Trinajstić information content (AvgIpc) is 3.47. The lowest BCUT2D eigenvalue weighted by Gasteiger charge is -2.38. The van der Waals surface area contributed by atoms with Gasteiger partial charge in [0.05, 0.1) is 29.6 Å². The van der Waals surface area contributed by atoms with Gasteiger partial charge in [-0.05, 0) is 61.0 Å². The fraction of sp³-hybridized carbons (Fsp3) is 0.276. The van der Waals surface area contributed by atoms with Gasteiger partial charge in [-0.25, -0.2) is 4.98 Å². The molecule has 6 nitrogen and oxygen atoms in total. The van der Waals surface area contributed by atoms with Crippen molar-refractivity contribution in [2.45, 2.75) is 32.4 Å². The van der Waals surface area contributed by atoms with Crippen molar-refractivity contribution in [1.29, 1.82) is 0 Å². The van der Waals surface area contributed by atoms with Gasteiger partial charge in [0.25, 0.3) is 5.91 Å². The van der Waals surface area contributed by atoms with Gasteiger partial charge in [0.15, 0.2) is 5.82 Å². The van der Waals surface area contributed by atoms with E-state index in [0.29, 0.717) is 12.4 Å². The molecule has 0 N–H and O–H groups in total. The van der Waals surface area contributed by atoms with Crippen LogP contribution in [0.4, 0.5) is 5.82 Å². The number of likely N-dealkylation sites (tertiary alicyclic amines) is 1. The summed E-state index contributed by atoms with van der Waals surface area (Å²) in [6.07, 6.45) is 5.23. The predicted molar refractivity (Wildman–Crippen MR) is 145 cm³/mol. The van der Waals surface area contributed by atoms with E-state index in [9.17, 15) is 4.79 Å². The Bertz CT molecular complexity index is 1250. The van der Waals surface area contributed by atoms with Crippen LogP contribution in [-0.4, -0.2) is 46.5 Å². The quantitative estimate of drug-likeness (QED) is 0.302. The van der Waals surface area contributed by atoms with Gasteiger partial charge in [-0.2, -0.15) is 0 Å². The van der Waals surface area contributed by atoms with E-state index in [0.717, 1.165) is 54.4 Å². The number of benzene rings is 2. The number of hydrogen-bond donors (Lipinski definition) is 0. The second-order valence-corrected chi connectivity index (χ2v) is 9.81. The van der Waals surface area contributed by atoms with Crippen LogP contribution in [0.1, 0.15) is 35.0 Å². The second-order valence-electron chi connectivity index (χ2n) is 8.87. The Morgan fingerprint density at radius 2 is 1.81 bits per heavy atom. The summed E-state index contributed by atoms with van der Waals surface area (Å²) >= 11 is 1.46. The van der Waals surface area contributed by atoms with Crippen molar-refractivity contribution in [2.75, 3.05) is 24.6 Å². The molecular weight excluding hydrogens is 468 g/mol. The summed E-state index contributed by atoms with van der Waals surface area (Å²) in [5.41, 5.74) is 2.99. The molecule has 1 aliphatic heterocycles. The number of thiophene rings is 1. The van der Waals surface area contributed by atoms with Crippen molar-refractivity contribution >= 4 is 23.1 Å². The molecule has 184 valence electrons. The highest BCUT2D eigenvalue weighted by Crippen LogP contribution is 2.28. The van der Waals surface area contributed by atoms with Gasteiger partial charge in [-0.1, -0.05) is 36.4 Å². The second kappa shape index (κ2) is 11.5. The molecule has 7 heteroatoms. The van der Waals surface area contributed by atoms with Crippen LogP contribution in [0.5, 0.6) is 5.75 Å². The molecule has 0 bridgehead atoms. The highest BCUT2D eigenvalue weighted by Gasteiger charge is 2.31. The highest BCUT2D eigenvalue weighted by atomic mass is 32.1. The number of rotatable bonds is 8. The number of aromatic nitrogens is 2. The van der Waals surface area contributed by atoms with Crippen LogP contribution in [0.2, 0.25) is 0 Å². The van der Waals surface area contributed by atoms with Crippen LogP contribution in [0.15, 0.2) is 84.5 Å². The molecule has 0 unspecified atom stereocenters. The van der Waals surface area contributed by atoms with Crippen LogP contribution >= 0.6 is 11.3 Å². The van der Waals surface area contributed by atoms with Gasteiger partial charge < -0.3 is 4.74 Å². The molecule has 5 rings (SSSR count). The van der Waals surface area contributed by atoms with E-state index in [1.54, 1.807) is 12.4 Å². The normalized spacial score (nSPS) is 14.5. The molecule has 1 aliphatic rings. The van der Waals surface area contributed by atoms with Crippen LogP contribution in [0.25, 0.3) is 11.3 Å². The molecule has 4 aromatic rings. The number of anilines is 1. The van der Waals surface area contributed by atoms with Gasteiger partial charge in [0.1, 0.15) is 5.75 Å². The Morgan fingerprint density at radius 3 is 2.50 bits per heavy atom. The van der Waals surface area contributed by atoms with Crippen molar-refractivity contribution < 1.29 is 9.53 Å². The standard InChI is InChI=1S/C29H30N4O2S/c1-2-35-25-12-10-23(11-13-25)26-19-30-20-28(31-26)33(29(34)27-9-6-18-36-27)24-14-16-32(17-15-24)21-22-7-4-3-5-8-22/h3-13,18-20,24H,2,14-17,21H2,1H3. The number of hydrogen-bond acceptors (Lipinski definition) is 6. The molecule has 0 spiro atoms. The molecule has 0 saturated carbocycles. The van der Waals surface area contributed by atoms with Crippen LogP contribution in [-0.2, 0) is 6.54 Å². The first-order valence-corrected chi connectivity index (χ1v) is 13.3. The molecule has 0 aliphatic carbocycles. The summed E-state index contributed by atoms with van der Waals surface area (Å²) in [5, 5.41) is 1.94. The Hall–Kier alpha value is -3.55. The Labute approximate surface area is 216 Å². The third-order valence-corrected chi connectivity index (χ3v) is 7.31. The number of amides is 1. The maximum Gasteiger partial charge on any atom is 0.269 e. The van der Waals surface area contributed by atoms with E-state index in [4.69, 9.17) is 9.72 Å². The van der Waals surface area contributed by atoms with Gasteiger partial charge in [-0.15, -0.1) is 11.3 Å². The maximum absolute atomic E-state index is 13.7. The minimum atomic E-state index is -0.00958. The molecule has 2 aromatic carbocycles. The fourth-order valence-corrected chi connectivity index (χ4v) is 5.31. The molecule has 2 aromatic heterocycles. The molecule has 1 amide bonds. The molecule has 0 radical (unpaired) electrons. The maximum atomic E-state index is 13.7. The predicted octanol–water partition coefficient (Wildman–Crippen LogP) is 5.92. The van der Waals surface area contributed by atoms with Crippen molar-refractivity contribution in [3.8, 4) is 17.0 Å². The number of nitrogens with zero attached hydrogens (tertiary/aromatic N) is 4. The summed E-state index contributed by atoms with van der Waals surface area (Å²) in [7, 11) is 0. The lowest BCUT2D eigenvalue weighted by Crippen LogP contribution is -2.47. The lowest BCUT2D eigenvalue weighted by atomic mass is 10.0. The van der Waals surface area contributed by atoms with Gasteiger partial charge in [0.2, 0.25) is 0 Å². The molecule has 36 heavy (non-hydrogen) atoms. The number of ether oxygens (including phenoxy) is 1. The monoisotopic (exact) mass is 498 g/mol. The number of carbonyl (C=O) groups is 1. The van der Waals surface area contributed by atoms with E-state index in [1.165, 1.54) is 16.9 Å². The zero-order valence-corrected chi connectivity index (χ0v) is 21.2. The molecular formula is C29H30N4O2S. The summed E-state index contributed by atoms with van der Waals surface area (Å²) in [6.45, 7) is 5.38. The zero-order valence-electron chi connectivity index (χ0n) is 20.4. The number of piperidine rings is 1. The summed E-state index contributed by atoms with van der Waals surface area (Å²) in [4.78, 5) is 28.1. The summed E-state index contributed by atoms with van der Waals surface area (Å²) in [6, 6.07) is 22.2. The van der Waals surface area contributed by atoms with Gasteiger partial charge in [0, 0.05) is 31.2 Å². The Balaban J connectivity index is 1.38. The minimum absolute atomic E-state index is 0.00958. The smallest absolute Gasteiger partial charge is 0.269 e. The van der Waals surface area contributed by atoms with Crippen molar-refractivity contribution in [3.63, 3.8) is 0 Å². The third-order valence-electron chi connectivity index (χ3n) is 6.45. The van der Waals surface area contributed by atoms with Crippen molar-refractivity contribution in [1.82, 2.24) is 14.9 Å². The Morgan fingerprint density at radius 1 is 1.03 bits per heavy atom. The summed E-state index contributed by atoms with van der Waals surface area (Å²) in [5.74, 6) is 1.41. The Kier molecular flexibility index (Phi) is 7.69. The van der Waals surface area contributed by atoms with E-state index >= 15 is 0 Å². The molecule has 1 saturated heterocycles. The van der Waals surface area contributed by atoms with E-state index in [1.807, 2.05) is 59.7 Å². The van der Waals surface area contributed by atoms with Crippen molar-refractivity contribution in [3.05, 3.63) is 94.9 Å². The number of carbonyl (C=O) groups excluding carboxylic acids is 1. The van der Waals surface area contributed by atoms with Gasteiger partial charge in [-0.3, -0.25) is 19.6 Å². The molecule has 1 fully saturated rings. The minimum Gasteiger partial charge on any atom is -0.494 e. The summed E-state index contributed by atoms with van der Waals surface area (Å²) < 4.78 is 5.57. The zero-order chi connectivity index (χ0) is 24.7. The first kappa shape index (κ1) is 24.2. The highest BCUT2D eigenvalue weighted by molar-refractivity contribution is 7.12. The first-order valence-electron chi connectivity index (χ1n) is 12.4. The molecule has 3 heterocycles. The topological polar surface area (TPSA) is 58.6 Å². The van der Waals surface area contributed by atoms with E-state index in [2.05, 4.69) is 34.1 Å². The van der Waals surface area contributed by atoms with Gasteiger partial charge >= 0.3 is 0 Å². The van der Waals surface area contributed by atoms with Crippen LogP contribution < -0.4 is 9.64 Å². The van der Waals surface area contributed by atoms with Crippen LogP contribution in [0.3, 0.4) is 0 Å².